The lowest BCUT2D eigenvalue weighted by atomic mass is 9.98. The first-order valence-electron chi connectivity index (χ1n) is 6.43. The van der Waals surface area contributed by atoms with Crippen molar-refractivity contribution in [1.82, 2.24) is 5.32 Å². The van der Waals surface area contributed by atoms with Crippen LogP contribution in [0.1, 0.15) is 32.3 Å². The van der Waals surface area contributed by atoms with E-state index in [1.807, 2.05) is 26.8 Å². The van der Waals surface area contributed by atoms with Gasteiger partial charge in [-0.3, -0.25) is 0 Å². The topological polar surface area (TPSA) is 61.4 Å². The van der Waals surface area contributed by atoms with E-state index in [2.05, 4.69) is 10.6 Å². The average molecular weight is 285 g/mol. The van der Waals surface area contributed by atoms with Crippen LogP contribution in [-0.2, 0) is 0 Å². The van der Waals surface area contributed by atoms with Crippen molar-refractivity contribution in [2.24, 2.45) is 0 Å². The molecule has 0 fully saturated rings. The summed E-state index contributed by atoms with van der Waals surface area (Å²) in [6, 6.07) is 4.97. The minimum absolute atomic E-state index is 0.228. The zero-order chi connectivity index (χ0) is 14.5. The highest BCUT2D eigenvalue weighted by Gasteiger charge is 2.22. The number of rotatable bonds is 5. The molecule has 0 radical (unpaired) electrons. The van der Waals surface area contributed by atoms with Crippen molar-refractivity contribution < 1.29 is 9.90 Å². The van der Waals surface area contributed by atoms with Gasteiger partial charge in [0.15, 0.2) is 0 Å². The summed E-state index contributed by atoms with van der Waals surface area (Å²) in [4.78, 5) is 11.7. The molecule has 1 aromatic rings. The highest BCUT2D eigenvalue weighted by atomic mass is 35.5. The van der Waals surface area contributed by atoms with E-state index in [0.29, 0.717) is 23.6 Å². The molecule has 0 saturated heterocycles. The number of carbonyl (C=O) groups excluding carboxylic acids is 1. The maximum Gasteiger partial charge on any atom is 0.319 e. The SMILES string of the molecule is CCC(O)(CC)CNC(=O)Nc1ccc(C)c(Cl)c1. The molecule has 0 saturated carbocycles. The number of hydrogen-bond acceptors (Lipinski definition) is 2. The molecule has 0 heterocycles. The van der Waals surface area contributed by atoms with Gasteiger partial charge >= 0.3 is 6.03 Å². The monoisotopic (exact) mass is 284 g/mol. The Morgan fingerprint density at radius 1 is 1.37 bits per heavy atom. The predicted octanol–water partition coefficient (Wildman–Crippen LogP) is 3.32. The van der Waals surface area contributed by atoms with Gasteiger partial charge in [0.05, 0.1) is 5.60 Å². The highest BCUT2D eigenvalue weighted by molar-refractivity contribution is 6.31. The zero-order valence-electron chi connectivity index (χ0n) is 11.6. The van der Waals surface area contributed by atoms with E-state index in [4.69, 9.17) is 11.6 Å². The van der Waals surface area contributed by atoms with Gasteiger partial charge < -0.3 is 15.7 Å². The van der Waals surface area contributed by atoms with Gasteiger partial charge in [-0.2, -0.15) is 0 Å². The molecule has 0 bridgehead atoms. The molecule has 19 heavy (non-hydrogen) atoms. The van der Waals surface area contributed by atoms with Crippen LogP contribution in [0, 0.1) is 6.92 Å². The first-order chi connectivity index (χ1) is 8.90. The molecular weight excluding hydrogens is 264 g/mol. The lowest BCUT2D eigenvalue weighted by Gasteiger charge is -2.25. The Kier molecular flexibility index (Phi) is 5.63. The van der Waals surface area contributed by atoms with Gasteiger partial charge in [0.1, 0.15) is 0 Å². The number of anilines is 1. The Bertz CT molecular complexity index is 445. The molecule has 1 rings (SSSR count). The maximum atomic E-state index is 11.7. The highest BCUT2D eigenvalue weighted by Crippen LogP contribution is 2.20. The summed E-state index contributed by atoms with van der Waals surface area (Å²) >= 11 is 5.98. The second-order valence-corrected chi connectivity index (χ2v) is 5.11. The molecule has 5 heteroatoms. The van der Waals surface area contributed by atoms with Crippen LogP contribution in [0.15, 0.2) is 18.2 Å². The van der Waals surface area contributed by atoms with Crippen molar-refractivity contribution in [3.05, 3.63) is 28.8 Å². The lowest BCUT2D eigenvalue weighted by molar-refractivity contribution is 0.0354. The zero-order valence-corrected chi connectivity index (χ0v) is 12.3. The summed E-state index contributed by atoms with van der Waals surface area (Å²) in [5.74, 6) is 0. The van der Waals surface area contributed by atoms with E-state index in [0.717, 1.165) is 5.56 Å². The molecule has 0 aromatic heterocycles. The summed E-state index contributed by atoms with van der Waals surface area (Å²) < 4.78 is 0. The van der Waals surface area contributed by atoms with Crippen LogP contribution in [0.4, 0.5) is 10.5 Å². The predicted molar refractivity (Wildman–Crippen MR) is 78.7 cm³/mol. The Labute approximate surface area is 119 Å². The van der Waals surface area contributed by atoms with Crippen molar-refractivity contribution in [1.29, 1.82) is 0 Å². The number of aryl methyl sites for hydroxylation is 1. The number of amides is 2. The minimum Gasteiger partial charge on any atom is -0.388 e. The molecule has 0 spiro atoms. The maximum absolute atomic E-state index is 11.7. The van der Waals surface area contributed by atoms with Crippen molar-refractivity contribution in [2.75, 3.05) is 11.9 Å². The van der Waals surface area contributed by atoms with Crippen molar-refractivity contribution in [2.45, 2.75) is 39.2 Å². The first kappa shape index (κ1) is 15.8. The summed E-state index contributed by atoms with van der Waals surface area (Å²) in [6.45, 7) is 5.91. The summed E-state index contributed by atoms with van der Waals surface area (Å²) in [7, 11) is 0. The molecule has 2 amide bonds. The smallest absolute Gasteiger partial charge is 0.319 e. The van der Waals surface area contributed by atoms with Gasteiger partial charge in [-0.1, -0.05) is 31.5 Å². The molecule has 1 aromatic carbocycles. The largest absolute Gasteiger partial charge is 0.388 e. The van der Waals surface area contributed by atoms with E-state index >= 15 is 0 Å². The first-order valence-corrected chi connectivity index (χ1v) is 6.81. The van der Waals surface area contributed by atoms with E-state index in [-0.39, 0.29) is 12.6 Å². The van der Waals surface area contributed by atoms with Crippen LogP contribution in [0.25, 0.3) is 0 Å². The summed E-state index contributed by atoms with van der Waals surface area (Å²) in [6.07, 6.45) is 1.19. The van der Waals surface area contributed by atoms with Gasteiger partial charge in [-0.05, 0) is 37.5 Å². The molecule has 0 aliphatic carbocycles. The molecule has 0 aliphatic rings. The fourth-order valence-electron chi connectivity index (χ4n) is 1.59. The number of urea groups is 1. The molecule has 106 valence electrons. The Balaban J connectivity index is 2.53. The van der Waals surface area contributed by atoms with Gasteiger partial charge in [0.25, 0.3) is 0 Å². The van der Waals surface area contributed by atoms with Crippen LogP contribution in [0.3, 0.4) is 0 Å². The molecule has 0 atom stereocenters. The number of benzene rings is 1. The second-order valence-electron chi connectivity index (χ2n) is 4.70. The third-order valence-electron chi connectivity index (χ3n) is 3.32. The fraction of sp³-hybridized carbons (Fsp3) is 0.500. The van der Waals surface area contributed by atoms with Gasteiger partial charge in [0.2, 0.25) is 0 Å². The van der Waals surface area contributed by atoms with Crippen LogP contribution < -0.4 is 10.6 Å². The van der Waals surface area contributed by atoms with Crippen molar-refractivity contribution in [3.63, 3.8) is 0 Å². The third-order valence-corrected chi connectivity index (χ3v) is 3.73. The number of nitrogens with one attached hydrogen (secondary N) is 2. The molecule has 0 unspecified atom stereocenters. The number of aliphatic hydroxyl groups is 1. The molecular formula is C14H21ClN2O2. The van der Waals surface area contributed by atoms with E-state index in [9.17, 15) is 9.90 Å². The summed E-state index contributed by atoms with van der Waals surface area (Å²) in [5, 5.41) is 16.0. The Hall–Kier alpha value is -1.26. The van der Waals surface area contributed by atoms with Crippen LogP contribution in [0.5, 0.6) is 0 Å². The second kappa shape index (κ2) is 6.78. The van der Waals surface area contributed by atoms with Crippen molar-refractivity contribution >= 4 is 23.3 Å². The number of halogens is 1. The van der Waals surface area contributed by atoms with Crippen LogP contribution in [0.2, 0.25) is 5.02 Å². The Morgan fingerprint density at radius 2 is 2.00 bits per heavy atom. The lowest BCUT2D eigenvalue weighted by Crippen LogP contribution is -2.43. The Morgan fingerprint density at radius 3 is 2.53 bits per heavy atom. The minimum atomic E-state index is -0.845. The molecule has 4 nitrogen and oxygen atoms in total. The number of carbonyl (C=O) groups is 1. The van der Waals surface area contributed by atoms with Gasteiger partial charge in [-0.15, -0.1) is 0 Å². The summed E-state index contributed by atoms with van der Waals surface area (Å²) in [5.41, 5.74) is 0.742. The fourth-order valence-corrected chi connectivity index (χ4v) is 1.77. The van der Waals surface area contributed by atoms with E-state index in [1.165, 1.54) is 0 Å². The van der Waals surface area contributed by atoms with Gasteiger partial charge in [0, 0.05) is 17.3 Å². The average Bonchev–Trinajstić information content (AvgIpc) is 2.40. The molecule has 3 N–H and O–H groups in total. The van der Waals surface area contributed by atoms with Crippen molar-refractivity contribution in [3.8, 4) is 0 Å². The standard InChI is InChI=1S/C14H21ClN2O2/c1-4-14(19,5-2)9-16-13(18)17-11-7-6-10(3)12(15)8-11/h6-8,19H,4-5,9H2,1-3H3,(H2,16,17,18). The third kappa shape index (κ3) is 4.73. The quantitative estimate of drug-likeness (QED) is 0.777. The number of hydrogen-bond donors (Lipinski definition) is 3. The van der Waals surface area contributed by atoms with Crippen LogP contribution in [-0.4, -0.2) is 23.3 Å². The van der Waals surface area contributed by atoms with Crippen LogP contribution >= 0.6 is 11.6 Å². The van der Waals surface area contributed by atoms with E-state index < -0.39 is 5.60 Å². The van der Waals surface area contributed by atoms with Gasteiger partial charge in [-0.25, -0.2) is 4.79 Å². The van der Waals surface area contributed by atoms with E-state index in [1.54, 1.807) is 12.1 Å². The normalized spacial score (nSPS) is 11.2. The molecule has 0 aliphatic heterocycles.